The third-order valence-electron chi connectivity index (χ3n) is 4.85. The molecule has 0 spiro atoms. The summed E-state index contributed by atoms with van der Waals surface area (Å²) >= 11 is 0. The number of hydrogen-bond donors (Lipinski definition) is 1. The van der Waals surface area contributed by atoms with Gasteiger partial charge in [0.15, 0.2) is 5.65 Å². The summed E-state index contributed by atoms with van der Waals surface area (Å²) in [5, 5.41) is 7.03. The number of amides is 1. The SMILES string of the molecule is CCc1cc(C(=O)N2CCCC[C@@H]2c2cc3nc(C)cc(=O)n3[nH]2)on1. The fraction of sp³-hybridized carbons (Fsp3) is 0.444. The lowest BCUT2D eigenvalue weighted by Crippen LogP contribution is -2.38. The standard InChI is InChI=1S/C18H21N5O3/c1-3-12-9-15(26-21-12)18(25)22-7-5-4-6-14(22)13-10-16-19-11(2)8-17(24)23(16)20-13/h8-10,14,20H,3-7H2,1-2H3/t14-/m1/s1. The number of aryl methyl sites for hydroxylation is 2. The van der Waals surface area contributed by atoms with E-state index in [2.05, 4.69) is 15.2 Å². The molecule has 26 heavy (non-hydrogen) atoms. The summed E-state index contributed by atoms with van der Waals surface area (Å²) in [6.07, 6.45) is 3.49. The first-order chi connectivity index (χ1) is 12.6. The highest BCUT2D eigenvalue weighted by molar-refractivity contribution is 5.91. The molecule has 1 aliphatic rings. The van der Waals surface area contributed by atoms with E-state index in [1.807, 2.05) is 13.0 Å². The highest BCUT2D eigenvalue weighted by Crippen LogP contribution is 2.31. The molecule has 1 amide bonds. The predicted octanol–water partition coefficient (Wildman–Crippen LogP) is 2.25. The van der Waals surface area contributed by atoms with Crippen LogP contribution >= 0.6 is 0 Å². The minimum absolute atomic E-state index is 0.146. The minimum Gasteiger partial charge on any atom is -0.351 e. The molecule has 0 aliphatic carbocycles. The van der Waals surface area contributed by atoms with Gasteiger partial charge in [0, 0.05) is 30.4 Å². The van der Waals surface area contributed by atoms with Crippen molar-refractivity contribution in [3.63, 3.8) is 0 Å². The van der Waals surface area contributed by atoms with E-state index in [0.29, 0.717) is 17.9 Å². The molecular formula is C18H21N5O3. The molecule has 0 bridgehead atoms. The number of hydrogen-bond acceptors (Lipinski definition) is 5. The lowest BCUT2D eigenvalue weighted by molar-refractivity contribution is 0.0563. The van der Waals surface area contributed by atoms with Crippen molar-refractivity contribution in [2.45, 2.75) is 45.6 Å². The van der Waals surface area contributed by atoms with Crippen LogP contribution in [0.3, 0.4) is 0 Å². The molecule has 8 heteroatoms. The van der Waals surface area contributed by atoms with E-state index in [0.717, 1.165) is 37.1 Å². The van der Waals surface area contributed by atoms with E-state index < -0.39 is 0 Å². The lowest BCUT2D eigenvalue weighted by atomic mass is 9.99. The summed E-state index contributed by atoms with van der Waals surface area (Å²) in [6.45, 7) is 4.40. The molecule has 3 aromatic rings. The van der Waals surface area contributed by atoms with Crippen molar-refractivity contribution >= 4 is 11.6 Å². The summed E-state index contributed by atoms with van der Waals surface area (Å²) in [6, 6.07) is 4.89. The summed E-state index contributed by atoms with van der Waals surface area (Å²) in [5.74, 6) is 0.0908. The largest absolute Gasteiger partial charge is 0.351 e. The number of rotatable bonds is 3. The number of carbonyl (C=O) groups excluding carboxylic acids is 1. The maximum atomic E-state index is 12.9. The van der Waals surface area contributed by atoms with Crippen LogP contribution in [0.25, 0.3) is 5.65 Å². The highest BCUT2D eigenvalue weighted by atomic mass is 16.5. The molecular weight excluding hydrogens is 334 g/mol. The second-order valence-corrected chi connectivity index (χ2v) is 6.69. The monoisotopic (exact) mass is 355 g/mol. The van der Waals surface area contributed by atoms with Gasteiger partial charge in [-0.1, -0.05) is 12.1 Å². The third-order valence-corrected chi connectivity index (χ3v) is 4.85. The van der Waals surface area contributed by atoms with Crippen molar-refractivity contribution in [2.75, 3.05) is 6.54 Å². The van der Waals surface area contributed by atoms with Gasteiger partial charge in [0.05, 0.1) is 17.4 Å². The average Bonchev–Trinajstić information content (AvgIpc) is 3.28. The van der Waals surface area contributed by atoms with E-state index in [4.69, 9.17) is 4.52 Å². The first kappa shape index (κ1) is 16.6. The van der Waals surface area contributed by atoms with Crippen molar-refractivity contribution in [3.8, 4) is 0 Å². The van der Waals surface area contributed by atoms with E-state index in [9.17, 15) is 9.59 Å². The smallest absolute Gasteiger partial charge is 0.293 e. The molecule has 136 valence electrons. The predicted molar refractivity (Wildman–Crippen MR) is 94.1 cm³/mol. The van der Waals surface area contributed by atoms with Gasteiger partial charge in [0.1, 0.15) is 0 Å². The van der Waals surface area contributed by atoms with Gasteiger partial charge in [-0.25, -0.2) is 9.50 Å². The van der Waals surface area contributed by atoms with E-state index in [1.54, 1.807) is 17.9 Å². The Labute approximate surface area is 149 Å². The molecule has 1 fully saturated rings. The molecule has 8 nitrogen and oxygen atoms in total. The Balaban J connectivity index is 1.70. The summed E-state index contributed by atoms with van der Waals surface area (Å²) in [5.41, 5.74) is 2.65. The fourth-order valence-electron chi connectivity index (χ4n) is 3.52. The van der Waals surface area contributed by atoms with Crippen molar-refractivity contribution in [1.82, 2.24) is 24.7 Å². The molecule has 3 aromatic heterocycles. The summed E-state index contributed by atoms with van der Waals surface area (Å²) < 4.78 is 6.65. The number of aromatic nitrogens is 4. The molecule has 0 saturated carbocycles. The maximum absolute atomic E-state index is 12.9. The Kier molecular flexibility index (Phi) is 4.10. The normalized spacial score (nSPS) is 17.8. The number of carbonyl (C=O) groups is 1. The minimum atomic E-state index is -0.169. The van der Waals surface area contributed by atoms with Crippen LogP contribution in [0.2, 0.25) is 0 Å². The van der Waals surface area contributed by atoms with E-state index in [1.165, 1.54) is 10.6 Å². The van der Waals surface area contributed by atoms with Crippen LogP contribution in [-0.4, -0.2) is 37.1 Å². The molecule has 1 saturated heterocycles. The van der Waals surface area contributed by atoms with Gasteiger partial charge in [-0.2, -0.15) is 0 Å². The molecule has 0 aromatic carbocycles. The Morgan fingerprint density at radius 1 is 1.35 bits per heavy atom. The Morgan fingerprint density at radius 3 is 2.96 bits per heavy atom. The molecule has 1 N–H and O–H groups in total. The van der Waals surface area contributed by atoms with Crippen LogP contribution < -0.4 is 5.56 Å². The van der Waals surface area contributed by atoms with Gasteiger partial charge in [0.25, 0.3) is 11.5 Å². The molecule has 0 unspecified atom stereocenters. The number of nitrogens with one attached hydrogen (secondary N) is 1. The molecule has 1 atom stereocenters. The van der Waals surface area contributed by atoms with E-state index >= 15 is 0 Å². The first-order valence-electron chi connectivity index (χ1n) is 8.92. The van der Waals surface area contributed by atoms with Crippen LogP contribution in [-0.2, 0) is 6.42 Å². The molecule has 4 rings (SSSR count). The lowest BCUT2D eigenvalue weighted by Gasteiger charge is -2.34. The fourth-order valence-corrected chi connectivity index (χ4v) is 3.52. The zero-order chi connectivity index (χ0) is 18.3. The van der Waals surface area contributed by atoms with Crippen LogP contribution in [0.1, 0.15) is 59.9 Å². The second kappa shape index (κ2) is 6.44. The van der Waals surface area contributed by atoms with Crippen molar-refractivity contribution < 1.29 is 9.32 Å². The number of H-pyrrole nitrogens is 1. The van der Waals surface area contributed by atoms with Crippen LogP contribution in [0.5, 0.6) is 0 Å². The van der Waals surface area contributed by atoms with Gasteiger partial charge in [-0.15, -0.1) is 0 Å². The van der Waals surface area contributed by atoms with Gasteiger partial charge in [-0.3, -0.25) is 14.7 Å². The maximum Gasteiger partial charge on any atom is 0.293 e. The van der Waals surface area contributed by atoms with Crippen LogP contribution in [0, 0.1) is 6.92 Å². The van der Waals surface area contributed by atoms with Crippen LogP contribution in [0.4, 0.5) is 0 Å². The van der Waals surface area contributed by atoms with Gasteiger partial charge in [0.2, 0.25) is 5.76 Å². The zero-order valence-electron chi connectivity index (χ0n) is 14.9. The average molecular weight is 355 g/mol. The third kappa shape index (κ3) is 2.81. The number of piperidine rings is 1. The van der Waals surface area contributed by atoms with Crippen LogP contribution in [0.15, 0.2) is 27.5 Å². The molecule has 1 aliphatic heterocycles. The molecule has 4 heterocycles. The number of likely N-dealkylation sites (tertiary alicyclic amines) is 1. The summed E-state index contributed by atoms with van der Waals surface area (Å²) in [4.78, 5) is 31.3. The summed E-state index contributed by atoms with van der Waals surface area (Å²) in [7, 11) is 0. The van der Waals surface area contributed by atoms with Gasteiger partial charge in [-0.05, 0) is 32.6 Å². The van der Waals surface area contributed by atoms with Gasteiger partial charge < -0.3 is 9.42 Å². The van der Waals surface area contributed by atoms with E-state index in [-0.39, 0.29) is 23.3 Å². The Morgan fingerprint density at radius 2 is 2.19 bits per heavy atom. The second-order valence-electron chi connectivity index (χ2n) is 6.69. The number of fused-ring (bicyclic) bond motifs is 1. The topological polar surface area (TPSA) is 96.5 Å². The zero-order valence-corrected chi connectivity index (χ0v) is 14.9. The number of aromatic amines is 1. The Bertz CT molecular complexity index is 1020. The van der Waals surface area contributed by atoms with Gasteiger partial charge >= 0.3 is 0 Å². The highest BCUT2D eigenvalue weighted by Gasteiger charge is 2.32. The quantitative estimate of drug-likeness (QED) is 0.777. The van der Waals surface area contributed by atoms with Crippen molar-refractivity contribution in [2.24, 2.45) is 0 Å². The van der Waals surface area contributed by atoms with Crippen molar-refractivity contribution in [3.05, 3.63) is 51.4 Å². The first-order valence-corrected chi connectivity index (χ1v) is 8.92. The number of nitrogens with zero attached hydrogens (tertiary/aromatic N) is 4. The Hall–Kier alpha value is -2.90. The van der Waals surface area contributed by atoms with Crippen molar-refractivity contribution in [1.29, 1.82) is 0 Å². The molecule has 0 radical (unpaired) electrons.